The first-order valence-electron chi connectivity index (χ1n) is 7.72. The molecule has 3 unspecified atom stereocenters. The predicted octanol–water partition coefficient (Wildman–Crippen LogP) is 1.52. The van der Waals surface area contributed by atoms with Crippen molar-refractivity contribution in [2.45, 2.75) is 52.2 Å². The third-order valence-electron chi connectivity index (χ3n) is 4.38. The fourth-order valence-electron chi connectivity index (χ4n) is 3.43. The molecular formula is C15H29N3O. The second-order valence-electron chi connectivity index (χ2n) is 6.79. The van der Waals surface area contributed by atoms with Crippen LogP contribution in [0.1, 0.15) is 40.0 Å². The molecule has 0 bridgehead atoms. The van der Waals surface area contributed by atoms with E-state index in [-0.39, 0.29) is 12.2 Å². The molecule has 2 aliphatic rings. The van der Waals surface area contributed by atoms with Crippen LogP contribution in [0.25, 0.3) is 0 Å². The van der Waals surface area contributed by atoms with E-state index < -0.39 is 0 Å². The van der Waals surface area contributed by atoms with Crippen molar-refractivity contribution in [1.29, 1.82) is 0 Å². The van der Waals surface area contributed by atoms with Gasteiger partial charge in [0.05, 0.1) is 12.2 Å². The Morgan fingerprint density at radius 3 is 2.79 bits per heavy atom. The molecule has 2 fully saturated rings. The molecule has 2 saturated heterocycles. The molecule has 0 aromatic heterocycles. The van der Waals surface area contributed by atoms with Gasteiger partial charge in [0, 0.05) is 13.1 Å². The summed E-state index contributed by atoms with van der Waals surface area (Å²) >= 11 is 0. The average molecular weight is 267 g/mol. The summed E-state index contributed by atoms with van der Waals surface area (Å²) < 4.78 is 0. The van der Waals surface area contributed by atoms with Crippen LogP contribution in [0.15, 0.2) is 0 Å². The van der Waals surface area contributed by atoms with Gasteiger partial charge in [0.25, 0.3) is 0 Å². The first kappa shape index (κ1) is 14.8. The van der Waals surface area contributed by atoms with Gasteiger partial charge in [-0.3, -0.25) is 10.1 Å². The van der Waals surface area contributed by atoms with Crippen LogP contribution < -0.4 is 5.32 Å². The zero-order valence-electron chi connectivity index (χ0n) is 12.9. The summed E-state index contributed by atoms with van der Waals surface area (Å²) in [6, 6.07) is 0.0383. The third kappa shape index (κ3) is 3.69. The Balaban J connectivity index is 1.90. The van der Waals surface area contributed by atoms with Crippen molar-refractivity contribution in [1.82, 2.24) is 15.1 Å². The lowest BCUT2D eigenvalue weighted by Crippen LogP contribution is -2.43. The lowest BCUT2D eigenvalue weighted by molar-refractivity contribution is -0.131. The summed E-state index contributed by atoms with van der Waals surface area (Å²) in [5, 5.41) is 3.45. The Labute approximate surface area is 117 Å². The van der Waals surface area contributed by atoms with E-state index >= 15 is 0 Å². The van der Waals surface area contributed by atoms with Crippen LogP contribution in [0, 0.1) is 11.8 Å². The zero-order valence-corrected chi connectivity index (χ0v) is 12.9. The van der Waals surface area contributed by atoms with Gasteiger partial charge in [-0.15, -0.1) is 0 Å². The number of rotatable bonds is 4. The van der Waals surface area contributed by atoms with Gasteiger partial charge in [-0.25, -0.2) is 0 Å². The predicted molar refractivity (Wildman–Crippen MR) is 77.8 cm³/mol. The number of nitrogens with zero attached hydrogens (tertiary/aromatic N) is 2. The van der Waals surface area contributed by atoms with Gasteiger partial charge < -0.3 is 9.80 Å². The summed E-state index contributed by atoms with van der Waals surface area (Å²) in [6.45, 7) is 9.73. The smallest absolute Gasteiger partial charge is 0.241 e. The minimum absolute atomic E-state index is 0.0383. The zero-order chi connectivity index (χ0) is 14.0. The molecule has 0 aromatic rings. The SMILES string of the molecule is CC(C)CC1NC(C)N(CC2CCCN(C)C2)C1=O. The van der Waals surface area contributed by atoms with Gasteiger partial charge in [-0.05, 0) is 51.6 Å². The highest BCUT2D eigenvalue weighted by Crippen LogP contribution is 2.22. The number of piperidine rings is 1. The van der Waals surface area contributed by atoms with Crippen molar-refractivity contribution in [3.05, 3.63) is 0 Å². The monoisotopic (exact) mass is 267 g/mol. The minimum atomic E-state index is 0.0383. The van der Waals surface area contributed by atoms with E-state index in [9.17, 15) is 4.79 Å². The van der Waals surface area contributed by atoms with Gasteiger partial charge in [0.2, 0.25) is 5.91 Å². The minimum Gasteiger partial charge on any atom is -0.326 e. The van der Waals surface area contributed by atoms with Crippen LogP contribution in [0.4, 0.5) is 0 Å². The number of carbonyl (C=O) groups excluding carboxylic acids is 1. The number of hydrogen-bond donors (Lipinski definition) is 1. The second-order valence-corrected chi connectivity index (χ2v) is 6.79. The van der Waals surface area contributed by atoms with Crippen molar-refractivity contribution >= 4 is 5.91 Å². The molecule has 2 rings (SSSR count). The summed E-state index contributed by atoms with van der Waals surface area (Å²) in [4.78, 5) is 16.9. The van der Waals surface area contributed by atoms with E-state index in [1.807, 2.05) is 0 Å². The van der Waals surface area contributed by atoms with E-state index in [2.05, 4.69) is 42.9 Å². The first-order chi connectivity index (χ1) is 8.97. The fourth-order valence-corrected chi connectivity index (χ4v) is 3.43. The molecule has 2 aliphatic heterocycles. The Kier molecular flexibility index (Phi) is 4.85. The van der Waals surface area contributed by atoms with Crippen LogP contribution in [0.2, 0.25) is 0 Å². The van der Waals surface area contributed by atoms with Gasteiger partial charge in [0.1, 0.15) is 0 Å². The summed E-state index contributed by atoms with van der Waals surface area (Å²) in [7, 11) is 2.18. The standard InChI is InChI=1S/C15H29N3O/c1-11(2)8-14-15(19)18(12(3)16-14)10-13-6-5-7-17(4)9-13/h11-14,16H,5-10H2,1-4H3. The number of hydrogen-bond acceptors (Lipinski definition) is 3. The van der Waals surface area contributed by atoms with Gasteiger partial charge in [-0.1, -0.05) is 13.8 Å². The maximum Gasteiger partial charge on any atom is 0.241 e. The Morgan fingerprint density at radius 1 is 1.42 bits per heavy atom. The average Bonchev–Trinajstić information content (AvgIpc) is 2.56. The Hall–Kier alpha value is -0.610. The quantitative estimate of drug-likeness (QED) is 0.839. The van der Waals surface area contributed by atoms with Gasteiger partial charge >= 0.3 is 0 Å². The largest absolute Gasteiger partial charge is 0.326 e. The highest BCUT2D eigenvalue weighted by atomic mass is 16.2. The van der Waals surface area contributed by atoms with Crippen LogP contribution in [-0.4, -0.2) is 54.6 Å². The molecule has 4 nitrogen and oxygen atoms in total. The lowest BCUT2D eigenvalue weighted by atomic mass is 9.97. The van der Waals surface area contributed by atoms with Crippen molar-refractivity contribution in [3.63, 3.8) is 0 Å². The van der Waals surface area contributed by atoms with E-state index in [1.165, 1.54) is 19.4 Å². The molecule has 2 heterocycles. The van der Waals surface area contributed by atoms with E-state index in [0.717, 1.165) is 19.5 Å². The number of amides is 1. The second kappa shape index (κ2) is 6.23. The Morgan fingerprint density at radius 2 is 2.16 bits per heavy atom. The molecule has 0 aliphatic carbocycles. The van der Waals surface area contributed by atoms with E-state index in [1.54, 1.807) is 0 Å². The lowest BCUT2D eigenvalue weighted by Gasteiger charge is -2.33. The van der Waals surface area contributed by atoms with Crippen LogP contribution in [0.3, 0.4) is 0 Å². The van der Waals surface area contributed by atoms with Crippen molar-refractivity contribution in [3.8, 4) is 0 Å². The van der Waals surface area contributed by atoms with E-state index in [0.29, 0.717) is 17.7 Å². The maximum atomic E-state index is 12.5. The van der Waals surface area contributed by atoms with Gasteiger partial charge in [0.15, 0.2) is 0 Å². The van der Waals surface area contributed by atoms with Gasteiger partial charge in [-0.2, -0.15) is 0 Å². The highest BCUT2D eigenvalue weighted by molar-refractivity contribution is 5.84. The first-order valence-corrected chi connectivity index (χ1v) is 7.72. The molecule has 1 N–H and O–H groups in total. The van der Waals surface area contributed by atoms with Crippen molar-refractivity contribution in [2.75, 3.05) is 26.7 Å². The molecule has 1 amide bonds. The molecule has 0 aromatic carbocycles. The molecule has 0 radical (unpaired) electrons. The van der Waals surface area contributed by atoms with Crippen molar-refractivity contribution in [2.24, 2.45) is 11.8 Å². The molecule has 0 spiro atoms. The van der Waals surface area contributed by atoms with E-state index in [4.69, 9.17) is 0 Å². The molecule has 110 valence electrons. The van der Waals surface area contributed by atoms with Crippen LogP contribution in [0.5, 0.6) is 0 Å². The Bertz CT molecular complexity index is 319. The summed E-state index contributed by atoms with van der Waals surface area (Å²) in [5.41, 5.74) is 0. The molecular weight excluding hydrogens is 238 g/mol. The maximum absolute atomic E-state index is 12.5. The topological polar surface area (TPSA) is 35.6 Å². The summed E-state index contributed by atoms with van der Waals surface area (Å²) in [5.74, 6) is 1.52. The summed E-state index contributed by atoms with van der Waals surface area (Å²) in [6.07, 6.45) is 3.67. The van der Waals surface area contributed by atoms with Crippen LogP contribution in [-0.2, 0) is 4.79 Å². The molecule has 3 atom stereocenters. The molecule has 4 heteroatoms. The number of carbonyl (C=O) groups is 1. The number of nitrogens with one attached hydrogen (secondary N) is 1. The normalized spacial score (nSPS) is 33.4. The van der Waals surface area contributed by atoms with Crippen LogP contribution >= 0.6 is 0 Å². The third-order valence-corrected chi connectivity index (χ3v) is 4.38. The molecule has 19 heavy (non-hydrogen) atoms. The molecule has 0 saturated carbocycles. The van der Waals surface area contributed by atoms with Crippen molar-refractivity contribution < 1.29 is 4.79 Å². The highest BCUT2D eigenvalue weighted by Gasteiger charge is 2.37. The fraction of sp³-hybridized carbons (Fsp3) is 0.933. The number of likely N-dealkylation sites (tertiary alicyclic amines) is 1.